The van der Waals surface area contributed by atoms with Gasteiger partial charge in [-0.05, 0) is 75.4 Å². The second-order valence-electron chi connectivity index (χ2n) is 11.2. The lowest BCUT2D eigenvalue weighted by atomic mass is 9.74. The lowest BCUT2D eigenvalue weighted by Crippen LogP contribution is -2.47. The Hall–Kier alpha value is -2.48. The van der Waals surface area contributed by atoms with Gasteiger partial charge in [0.1, 0.15) is 0 Å². The molecule has 3 fully saturated rings. The highest BCUT2D eigenvalue weighted by Gasteiger charge is 2.49. The summed E-state index contributed by atoms with van der Waals surface area (Å²) in [6.45, 7) is 2.50. The minimum Gasteiger partial charge on any atom is -0.366 e. The van der Waals surface area contributed by atoms with Crippen molar-refractivity contribution in [1.29, 1.82) is 0 Å². The molecule has 0 N–H and O–H groups in total. The largest absolute Gasteiger partial charge is 0.366 e. The highest BCUT2D eigenvalue weighted by Crippen LogP contribution is 2.49. The second-order valence-corrected chi connectivity index (χ2v) is 12.8. The number of likely N-dealkylation sites (N-methyl/N-ethyl adjacent to an activating group) is 1. The van der Waals surface area contributed by atoms with Crippen LogP contribution in [-0.4, -0.2) is 58.3 Å². The van der Waals surface area contributed by atoms with Gasteiger partial charge in [-0.25, -0.2) is 0 Å². The van der Waals surface area contributed by atoms with Crippen molar-refractivity contribution in [2.24, 2.45) is 0 Å². The van der Waals surface area contributed by atoms with Gasteiger partial charge in [-0.1, -0.05) is 11.6 Å². The molecule has 1 saturated carbocycles. The summed E-state index contributed by atoms with van der Waals surface area (Å²) in [4.78, 5) is 36.7. The molecule has 6 nitrogen and oxygen atoms in total. The van der Waals surface area contributed by atoms with Gasteiger partial charge in [-0.2, -0.15) is 0 Å². The first-order valence-corrected chi connectivity index (χ1v) is 14.6. The molecule has 5 heterocycles. The SMILES string of the molecule is CN1C[C@@H](N2CCCc3cc(Cl)cc(-c4ccnc5cc(CN6C(=O)CCC6=O)sc45)c32)CC12CCC2. The number of hydrogen-bond donors (Lipinski definition) is 0. The number of aryl methyl sites for hydroxylation is 1. The van der Waals surface area contributed by atoms with Gasteiger partial charge in [0, 0.05) is 70.4 Å². The molecule has 8 heteroatoms. The number of rotatable bonds is 4. The smallest absolute Gasteiger partial charge is 0.230 e. The number of carbonyl (C=O) groups excluding carboxylic acids is 2. The van der Waals surface area contributed by atoms with Crippen molar-refractivity contribution >= 4 is 50.7 Å². The van der Waals surface area contributed by atoms with Crippen LogP contribution in [0.5, 0.6) is 0 Å². The highest BCUT2D eigenvalue weighted by molar-refractivity contribution is 7.19. The van der Waals surface area contributed by atoms with Crippen molar-refractivity contribution in [2.45, 2.75) is 69.5 Å². The average Bonchev–Trinajstić information content (AvgIpc) is 3.53. The normalized spacial score (nSPS) is 23.4. The molecule has 1 aromatic carbocycles. The maximum atomic E-state index is 12.2. The zero-order valence-corrected chi connectivity index (χ0v) is 22.7. The lowest BCUT2D eigenvalue weighted by molar-refractivity contribution is -0.138. The molecule has 2 amide bonds. The number of fused-ring (bicyclic) bond motifs is 2. The standard InChI is InChI=1S/C29H31ClN4O2S/c1-32-16-20(15-29(32)8-3-9-29)33-11-2-4-18-12-19(30)13-23(27(18)33)22-7-10-31-24-14-21(37-28(22)24)17-34-25(35)5-6-26(34)36/h7,10,12-14,20H,2-6,8-9,11,15-17H2,1H3/t20-/m0/s1. The molecule has 192 valence electrons. The summed E-state index contributed by atoms with van der Waals surface area (Å²) in [6, 6.07) is 8.92. The summed E-state index contributed by atoms with van der Waals surface area (Å²) in [5.74, 6) is -0.165. The van der Waals surface area contributed by atoms with Crippen molar-refractivity contribution in [2.75, 3.05) is 25.0 Å². The number of aromatic nitrogens is 1. The number of pyridine rings is 1. The first kappa shape index (κ1) is 23.6. The zero-order valence-electron chi connectivity index (χ0n) is 21.1. The first-order chi connectivity index (χ1) is 17.9. The van der Waals surface area contributed by atoms with E-state index in [2.05, 4.69) is 40.0 Å². The fourth-order valence-electron chi connectivity index (χ4n) is 7.09. The molecule has 1 atom stereocenters. The Bertz CT molecular complexity index is 1410. The summed E-state index contributed by atoms with van der Waals surface area (Å²) in [7, 11) is 2.31. The van der Waals surface area contributed by atoms with Gasteiger partial charge < -0.3 is 4.90 Å². The molecule has 0 radical (unpaired) electrons. The van der Waals surface area contributed by atoms with Crippen LogP contribution in [0.25, 0.3) is 21.3 Å². The highest BCUT2D eigenvalue weighted by atomic mass is 35.5. The molecule has 1 aliphatic carbocycles. The Kier molecular flexibility index (Phi) is 5.61. The number of hydrogen-bond acceptors (Lipinski definition) is 6. The molecule has 4 aliphatic rings. The van der Waals surface area contributed by atoms with E-state index in [1.807, 2.05) is 12.3 Å². The predicted molar refractivity (Wildman–Crippen MR) is 148 cm³/mol. The molecule has 2 aromatic heterocycles. The Balaban J connectivity index is 1.30. The molecule has 3 aromatic rings. The van der Waals surface area contributed by atoms with Crippen molar-refractivity contribution < 1.29 is 9.59 Å². The summed E-state index contributed by atoms with van der Waals surface area (Å²) in [6.07, 6.45) is 9.90. The van der Waals surface area contributed by atoms with E-state index < -0.39 is 0 Å². The lowest BCUT2D eigenvalue weighted by Gasteiger charge is -2.44. The molecule has 2 saturated heterocycles. The number of nitrogens with zero attached hydrogens (tertiary/aromatic N) is 4. The molecule has 1 spiro atoms. The van der Waals surface area contributed by atoms with Crippen molar-refractivity contribution in [3.8, 4) is 11.1 Å². The van der Waals surface area contributed by atoms with Gasteiger partial charge in [0.05, 0.1) is 16.8 Å². The number of anilines is 1. The van der Waals surface area contributed by atoms with E-state index in [-0.39, 0.29) is 11.8 Å². The molecule has 0 unspecified atom stereocenters. The van der Waals surface area contributed by atoms with E-state index in [1.165, 1.54) is 47.4 Å². The van der Waals surface area contributed by atoms with Gasteiger partial charge in [0.15, 0.2) is 0 Å². The van der Waals surface area contributed by atoms with Crippen LogP contribution < -0.4 is 4.90 Å². The minimum atomic E-state index is -0.0824. The number of imide groups is 1. The van der Waals surface area contributed by atoms with E-state index >= 15 is 0 Å². The van der Waals surface area contributed by atoms with E-state index in [1.54, 1.807) is 11.3 Å². The monoisotopic (exact) mass is 534 g/mol. The number of amides is 2. The zero-order chi connectivity index (χ0) is 25.3. The van der Waals surface area contributed by atoms with Gasteiger partial charge in [-0.3, -0.25) is 24.4 Å². The number of thiophene rings is 1. The summed E-state index contributed by atoms with van der Waals surface area (Å²) in [5, 5.41) is 0.768. The van der Waals surface area contributed by atoms with Crippen LogP contribution in [0.4, 0.5) is 5.69 Å². The molecule has 7 rings (SSSR count). The quantitative estimate of drug-likeness (QED) is 0.405. The summed E-state index contributed by atoms with van der Waals surface area (Å²) >= 11 is 8.35. The van der Waals surface area contributed by atoms with E-state index in [0.29, 0.717) is 31.0 Å². The third-order valence-electron chi connectivity index (χ3n) is 9.14. The van der Waals surface area contributed by atoms with E-state index in [4.69, 9.17) is 11.6 Å². The predicted octanol–water partition coefficient (Wildman–Crippen LogP) is 5.65. The Morgan fingerprint density at radius 3 is 2.62 bits per heavy atom. The number of benzene rings is 1. The maximum Gasteiger partial charge on any atom is 0.230 e. The van der Waals surface area contributed by atoms with Crippen molar-refractivity contribution in [3.05, 3.63) is 45.9 Å². The Morgan fingerprint density at radius 2 is 1.89 bits per heavy atom. The van der Waals surface area contributed by atoms with Gasteiger partial charge in [-0.15, -0.1) is 11.3 Å². The van der Waals surface area contributed by atoms with Crippen molar-refractivity contribution in [3.63, 3.8) is 0 Å². The van der Waals surface area contributed by atoms with E-state index in [0.717, 1.165) is 51.6 Å². The fourth-order valence-corrected chi connectivity index (χ4v) is 8.46. The second kappa shape index (κ2) is 8.79. The minimum absolute atomic E-state index is 0.0824. The van der Waals surface area contributed by atoms with Crippen LogP contribution >= 0.6 is 22.9 Å². The van der Waals surface area contributed by atoms with Gasteiger partial charge in [0.25, 0.3) is 0 Å². The molecule has 3 aliphatic heterocycles. The van der Waals surface area contributed by atoms with Crippen LogP contribution in [-0.2, 0) is 22.6 Å². The number of likely N-dealkylation sites (tertiary alicyclic amines) is 2. The molecule has 0 bridgehead atoms. The topological polar surface area (TPSA) is 56.8 Å². The van der Waals surface area contributed by atoms with Crippen LogP contribution in [0.1, 0.15) is 55.4 Å². The van der Waals surface area contributed by atoms with E-state index in [9.17, 15) is 9.59 Å². The van der Waals surface area contributed by atoms with Gasteiger partial charge in [0.2, 0.25) is 11.8 Å². The molecular weight excluding hydrogens is 504 g/mol. The summed E-state index contributed by atoms with van der Waals surface area (Å²) in [5.41, 5.74) is 6.27. The maximum absolute atomic E-state index is 12.2. The third kappa shape index (κ3) is 3.81. The van der Waals surface area contributed by atoms with Gasteiger partial charge >= 0.3 is 0 Å². The Labute approximate surface area is 226 Å². The van der Waals surface area contributed by atoms with Crippen LogP contribution in [0, 0.1) is 0 Å². The van der Waals surface area contributed by atoms with Crippen LogP contribution in [0.15, 0.2) is 30.5 Å². The van der Waals surface area contributed by atoms with Crippen molar-refractivity contribution in [1.82, 2.24) is 14.8 Å². The number of carbonyl (C=O) groups is 2. The van der Waals surface area contributed by atoms with Crippen LogP contribution in [0.2, 0.25) is 5.02 Å². The third-order valence-corrected chi connectivity index (χ3v) is 10.5. The fraction of sp³-hybridized carbons (Fsp3) is 0.483. The molecule has 37 heavy (non-hydrogen) atoms. The summed E-state index contributed by atoms with van der Waals surface area (Å²) < 4.78 is 1.09. The molecular formula is C29H31ClN4O2S. The first-order valence-electron chi connectivity index (χ1n) is 13.4. The average molecular weight is 535 g/mol. The van der Waals surface area contributed by atoms with Crippen LogP contribution in [0.3, 0.4) is 0 Å². The Morgan fingerprint density at radius 1 is 1.08 bits per heavy atom. The number of halogens is 1.